The van der Waals surface area contributed by atoms with Crippen LogP contribution < -0.4 is 5.73 Å². The molecule has 0 amide bonds. The summed E-state index contributed by atoms with van der Waals surface area (Å²) in [5.74, 6) is -3.24. The Morgan fingerprint density at radius 3 is 2.31 bits per heavy atom. The molecule has 0 saturated heterocycles. The second-order valence-electron chi connectivity index (χ2n) is 2.52. The minimum absolute atomic E-state index is 0.491. The summed E-state index contributed by atoms with van der Waals surface area (Å²) in [4.78, 5) is 0. The van der Waals surface area contributed by atoms with Crippen molar-refractivity contribution < 1.29 is 13.2 Å². The SMILES string of the molecule is C=C[C@@H](N)c1c(F)ccc(F)c1F. The van der Waals surface area contributed by atoms with E-state index in [1.807, 2.05) is 0 Å². The maximum atomic E-state index is 13.0. The second kappa shape index (κ2) is 3.62. The van der Waals surface area contributed by atoms with E-state index in [9.17, 15) is 13.2 Å². The molecular formula is C9H8F3N. The van der Waals surface area contributed by atoms with Crippen molar-refractivity contribution in [2.24, 2.45) is 5.73 Å². The normalized spacial score (nSPS) is 12.6. The van der Waals surface area contributed by atoms with Crippen LogP contribution in [0.4, 0.5) is 13.2 Å². The van der Waals surface area contributed by atoms with Crippen molar-refractivity contribution in [3.8, 4) is 0 Å². The third kappa shape index (κ3) is 1.72. The molecule has 1 aromatic carbocycles. The van der Waals surface area contributed by atoms with Gasteiger partial charge in [0.1, 0.15) is 5.82 Å². The van der Waals surface area contributed by atoms with Crippen molar-refractivity contribution in [1.29, 1.82) is 0 Å². The minimum Gasteiger partial charge on any atom is -0.321 e. The van der Waals surface area contributed by atoms with Crippen LogP contribution in [0.1, 0.15) is 11.6 Å². The summed E-state index contributed by atoms with van der Waals surface area (Å²) in [5, 5.41) is 0. The van der Waals surface area contributed by atoms with Crippen LogP contribution in [-0.4, -0.2) is 0 Å². The van der Waals surface area contributed by atoms with Gasteiger partial charge in [0.2, 0.25) is 0 Å². The number of benzene rings is 1. The molecule has 0 saturated carbocycles. The number of hydrogen-bond acceptors (Lipinski definition) is 1. The van der Waals surface area contributed by atoms with Crippen LogP contribution in [0.5, 0.6) is 0 Å². The Kier molecular flexibility index (Phi) is 2.72. The molecule has 1 nitrogen and oxygen atoms in total. The molecule has 4 heteroatoms. The zero-order valence-electron chi connectivity index (χ0n) is 6.73. The standard InChI is InChI=1S/C9H8F3N/c1-2-7(13)8-5(10)3-4-6(11)9(8)12/h2-4,7H,1,13H2/t7-/m1/s1. The molecule has 1 aromatic rings. The Morgan fingerprint density at radius 1 is 1.23 bits per heavy atom. The molecule has 0 aliphatic carbocycles. The number of rotatable bonds is 2. The molecule has 0 spiro atoms. The Hall–Kier alpha value is -1.29. The zero-order chi connectivity index (χ0) is 10.0. The van der Waals surface area contributed by atoms with E-state index < -0.39 is 29.1 Å². The van der Waals surface area contributed by atoms with E-state index in [0.29, 0.717) is 6.07 Å². The van der Waals surface area contributed by atoms with Crippen LogP contribution in [0.2, 0.25) is 0 Å². The van der Waals surface area contributed by atoms with E-state index in [-0.39, 0.29) is 0 Å². The van der Waals surface area contributed by atoms with E-state index in [1.54, 1.807) is 0 Å². The van der Waals surface area contributed by atoms with Gasteiger partial charge in [-0.05, 0) is 12.1 Å². The number of halogens is 3. The maximum absolute atomic E-state index is 13.0. The van der Waals surface area contributed by atoms with Gasteiger partial charge >= 0.3 is 0 Å². The molecule has 0 bridgehead atoms. The molecule has 2 N–H and O–H groups in total. The van der Waals surface area contributed by atoms with Crippen molar-refractivity contribution in [2.45, 2.75) is 6.04 Å². The fraction of sp³-hybridized carbons (Fsp3) is 0.111. The quantitative estimate of drug-likeness (QED) is 0.558. The predicted octanol–water partition coefficient (Wildman–Crippen LogP) is 2.29. The zero-order valence-corrected chi connectivity index (χ0v) is 6.73. The maximum Gasteiger partial charge on any atom is 0.166 e. The lowest BCUT2D eigenvalue weighted by molar-refractivity contribution is 0.474. The van der Waals surface area contributed by atoms with Gasteiger partial charge in [0.15, 0.2) is 11.6 Å². The van der Waals surface area contributed by atoms with Gasteiger partial charge in [-0.2, -0.15) is 0 Å². The van der Waals surface area contributed by atoms with Crippen LogP contribution in [-0.2, 0) is 0 Å². The van der Waals surface area contributed by atoms with Crippen LogP contribution in [0, 0.1) is 17.5 Å². The van der Waals surface area contributed by atoms with Gasteiger partial charge in [-0.3, -0.25) is 0 Å². The minimum atomic E-state index is -1.26. The largest absolute Gasteiger partial charge is 0.321 e. The van der Waals surface area contributed by atoms with Crippen molar-refractivity contribution in [3.63, 3.8) is 0 Å². The summed E-state index contributed by atoms with van der Waals surface area (Å²) in [6, 6.07) is 0.511. The molecule has 1 rings (SSSR count). The smallest absolute Gasteiger partial charge is 0.166 e. The third-order valence-corrected chi connectivity index (χ3v) is 1.67. The van der Waals surface area contributed by atoms with Crippen LogP contribution in [0.25, 0.3) is 0 Å². The summed E-state index contributed by atoms with van der Waals surface area (Å²) in [5.41, 5.74) is 4.81. The first-order valence-corrected chi connectivity index (χ1v) is 3.59. The van der Waals surface area contributed by atoms with E-state index >= 15 is 0 Å². The van der Waals surface area contributed by atoms with Crippen LogP contribution in [0.15, 0.2) is 24.8 Å². The lowest BCUT2D eigenvalue weighted by Crippen LogP contribution is -2.12. The first-order chi connectivity index (χ1) is 6.07. The van der Waals surface area contributed by atoms with Crippen molar-refractivity contribution in [2.75, 3.05) is 0 Å². The molecule has 0 aliphatic rings. The highest BCUT2D eigenvalue weighted by molar-refractivity contribution is 5.26. The van der Waals surface area contributed by atoms with Crippen LogP contribution in [0.3, 0.4) is 0 Å². The van der Waals surface area contributed by atoms with E-state index in [1.165, 1.54) is 0 Å². The predicted molar refractivity (Wildman–Crippen MR) is 43.4 cm³/mol. The average Bonchev–Trinajstić information content (AvgIpc) is 2.12. The monoisotopic (exact) mass is 187 g/mol. The summed E-state index contributed by atoms with van der Waals surface area (Å²) < 4.78 is 38.5. The molecule has 70 valence electrons. The van der Waals surface area contributed by atoms with Crippen molar-refractivity contribution in [3.05, 3.63) is 47.8 Å². The third-order valence-electron chi connectivity index (χ3n) is 1.67. The second-order valence-corrected chi connectivity index (χ2v) is 2.52. The number of nitrogens with two attached hydrogens (primary N) is 1. The highest BCUT2D eigenvalue weighted by atomic mass is 19.2. The van der Waals surface area contributed by atoms with Gasteiger partial charge in [0.25, 0.3) is 0 Å². The molecular weight excluding hydrogens is 179 g/mol. The summed E-state index contributed by atoms with van der Waals surface area (Å²) in [6.07, 6.45) is 1.14. The summed E-state index contributed by atoms with van der Waals surface area (Å²) >= 11 is 0. The molecule has 1 atom stereocenters. The number of hydrogen-bond donors (Lipinski definition) is 1. The molecule has 0 fully saturated rings. The molecule has 13 heavy (non-hydrogen) atoms. The lowest BCUT2D eigenvalue weighted by Gasteiger charge is -2.09. The van der Waals surface area contributed by atoms with Gasteiger partial charge in [-0.15, -0.1) is 6.58 Å². The average molecular weight is 187 g/mol. The first-order valence-electron chi connectivity index (χ1n) is 3.59. The molecule has 0 heterocycles. The Morgan fingerprint density at radius 2 is 1.77 bits per heavy atom. The van der Waals surface area contributed by atoms with Gasteiger partial charge in [-0.1, -0.05) is 6.08 Å². The van der Waals surface area contributed by atoms with Gasteiger partial charge in [0.05, 0.1) is 6.04 Å². The van der Waals surface area contributed by atoms with Crippen molar-refractivity contribution in [1.82, 2.24) is 0 Å². The highest BCUT2D eigenvalue weighted by Gasteiger charge is 2.17. The fourth-order valence-corrected chi connectivity index (χ4v) is 0.966. The molecule has 0 radical (unpaired) electrons. The summed E-state index contributed by atoms with van der Waals surface area (Å²) in [6.45, 7) is 3.27. The first kappa shape index (κ1) is 9.80. The fourth-order valence-electron chi connectivity index (χ4n) is 0.966. The van der Waals surface area contributed by atoms with Gasteiger partial charge < -0.3 is 5.73 Å². The van der Waals surface area contributed by atoms with E-state index in [2.05, 4.69) is 6.58 Å². The van der Waals surface area contributed by atoms with E-state index in [0.717, 1.165) is 12.1 Å². The Balaban J connectivity index is 3.32. The summed E-state index contributed by atoms with van der Waals surface area (Å²) in [7, 11) is 0. The Labute approximate surface area is 73.7 Å². The van der Waals surface area contributed by atoms with Gasteiger partial charge in [-0.25, -0.2) is 13.2 Å². The van der Waals surface area contributed by atoms with E-state index in [4.69, 9.17) is 5.73 Å². The molecule has 0 aromatic heterocycles. The Bertz CT molecular complexity index is 336. The van der Waals surface area contributed by atoms with Gasteiger partial charge in [0, 0.05) is 5.56 Å². The topological polar surface area (TPSA) is 26.0 Å². The molecule has 0 aliphatic heterocycles. The van der Waals surface area contributed by atoms with Crippen molar-refractivity contribution >= 4 is 0 Å². The molecule has 0 unspecified atom stereocenters. The lowest BCUT2D eigenvalue weighted by atomic mass is 10.1. The van der Waals surface area contributed by atoms with Crippen LogP contribution >= 0.6 is 0 Å². The highest BCUT2D eigenvalue weighted by Crippen LogP contribution is 2.21.